The summed E-state index contributed by atoms with van der Waals surface area (Å²) in [5.74, 6) is 0.874. The fourth-order valence-electron chi connectivity index (χ4n) is 2.85. The van der Waals surface area contributed by atoms with Crippen molar-refractivity contribution in [3.05, 3.63) is 35.9 Å². The Morgan fingerprint density at radius 2 is 2.05 bits per heavy atom. The molecule has 1 aliphatic rings. The zero-order valence-corrected chi connectivity index (χ0v) is 12.0. The molecule has 2 rings (SSSR count). The predicted octanol–water partition coefficient (Wildman–Crippen LogP) is 3.97. The number of unbranched alkanes of at least 4 members (excludes halogenated alkanes) is 1. The first kappa shape index (κ1) is 14.1. The second-order valence-corrected chi connectivity index (χ2v) is 5.55. The predicted molar refractivity (Wildman–Crippen MR) is 79.1 cm³/mol. The molecule has 2 nitrogen and oxygen atoms in total. The lowest BCUT2D eigenvalue weighted by atomic mass is 9.94. The molecule has 0 bridgehead atoms. The highest BCUT2D eigenvalue weighted by Crippen LogP contribution is 2.26. The van der Waals surface area contributed by atoms with Gasteiger partial charge in [0, 0.05) is 25.4 Å². The van der Waals surface area contributed by atoms with Gasteiger partial charge in [-0.2, -0.15) is 0 Å². The van der Waals surface area contributed by atoms with E-state index in [1.807, 2.05) is 0 Å². The second-order valence-electron chi connectivity index (χ2n) is 5.55. The van der Waals surface area contributed by atoms with Gasteiger partial charge in [0.05, 0.1) is 0 Å². The molecule has 1 heterocycles. The summed E-state index contributed by atoms with van der Waals surface area (Å²) >= 11 is 0. The van der Waals surface area contributed by atoms with Crippen LogP contribution in [0, 0.1) is 0 Å². The summed E-state index contributed by atoms with van der Waals surface area (Å²) in [6.45, 7) is 4.00. The Morgan fingerprint density at radius 3 is 2.79 bits per heavy atom. The van der Waals surface area contributed by atoms with Gasteiger partial charge in [-0.15, -0.1) is 0 Å². The normalized spacial score (nSPS) is 20.1. The van der Waals surface area contributed by atoms with Crippen molar-refractivity contribution in [3.63, 3.8) is 0 Å². The summed E-state index contributed by atoms with van der Waals surface area (Å²) in [7, 11) is 0. The van der Waals surface area contributed by atoms with Gasteiger partial charge in [0.1, 0.15) is 0 Å². The number of amides is 1. The molecular weight excluding hydrogens is 234 g/mol. The highest BCUT2D eigenvalue weighted by molar-refractivity contribution is 5.76. The lowest BCUT2D eigenvalue weighted by Gasteiger charge is -2.25. The maximum Gasteiger partial charge on any atom is 0.222 e. The highest BCUT2D eigenvalue weighted by Gasteiger charge is 2.22. The number of carbonyl (C=O) groups excluding carboxylic acids is 1. The van der Waals surface area contributed by atoms with Gasteiger partial charge in [-0.05, 0) is 24.8 Å². The minimum absolute atomic E-state index is 0.352. The van der Waals surface area contributed by atoms with E-state index in [4.69, 9.17) is 0 Å². The maximum absolute atomic E-state index is 12.2. The van der Waals surface area contributed by atoms with Crippen LogP contribution in [0.1, 0.15) is 56.9 Å². The van der Waals surface area contributed by atoms with Gasteiger partial charge in [-0.1, -0.05) is 50.1 Å². The van der Waals surface area contributed by atoms with Gasteiger partial charge in [-0.25, -0.2) is 0 Å². The molecule has 0 spiro atoms. The lowest BCUT2D eigenvalue weighted by Crippen LogP contribution is -2.33. The Balaban J connectivity index is 2.00. The third kappa shape index (κ3) is 4.09. The molecule has 1 amide bonds. The van der Waals surface area contributed by atoms with E-state index in [1.165, 1.54) is 18.4 Å². The average molecular weight is 259 g/mol. The Kier molecular flexibility index (Phi) is 5.44. The van der Waals surface area contributed by atoms with Crippen molar-refractivity contribution in [2.75, 3.05) is 13.1 Å². The Labute approximate surface area is 116 Å². The molecule has 104 valence electrons. The van der Waals surface area contributed by atoms with Crippen molar-refractivity contribution in [1.82, 2.24) is 4.90 Å². The van der Waals surface area contributed by atoms with Crippen LogP contribution in [0.4, 0.5) is 0 Å². The van der Waals surface area contributed by atoms with Crippen molar-refractivity contribution >= 4 is 5.91 Å². The van der Waals surface area contributed by atoms with Crippen LogP contribution in [0.15, 0.2) is 30.3 Å². The molecule has 1 atom stereocenters. The SMILES string of the molecule is CCCCC(=O)N1CCCCC(c2ccccc2)C1. The first-order valence-corrected chi connectivity index (χ1v) is 7.64. The van der Waals surface area contributed by atoms with Crippen LogP contribution in [0.2, 0.25) is 0 Å². The molecule has 0 aromatic heterocycles. The van der Waals surface area contributed by atoms with E-state index in [-0.39, 0.29) is 0 Å². The van der Waals surface area contributed by atoms with Crippen molar-refractivity contribution in [3.8, 4) is 0 Å². The summed E-state index contributed by atoms with van der Waals surface area (Å²) in [6.07, 6.45) is 6.44. The quantitative estimate of drug-likeness (QED) is 0.801. The molecule has 0 radical (unpaired) electrons. The van der Waals surface area contributed by atoms with E-state index in [9.17, 15) is 4.79 Å². The van der Waals surface area contributed by atoms with Gasteiger partial charge >= 0.3 is 0 Å². The van der Waals surface area contributed by atoms with E-state index in [0.717, 1.165) is 38.8 Å². The number of hydrogen-bond donors (Lipinski definition) is 0. The highest BCUT2D eigenvalue weighted by atomic mass is 16.2. The van der Waals surface area contributed by atoms with Crippen LogP contribution in [-0.4, -0.2) is 23.9 Å². The van der Waals surface area contributed by atoms with Gasteiger partial charge in [0.25, 0.3) is 0 Å². The number of carbonyl (C=O) groups is 1. The standard InChI is InChI=1S/C17H25NO/c1-2-3-12-17(19)18-13-8-7-11-16(14-18)15-9-5-4-6-10-15/h4-6,9-10,16H,2-3,7-8,11-14H2,1H3. The van der Waals surface area contributed by atoms with Crippen LogP contribution in [0.3, 0.4) is 0 Å². The third-order valence-corrected chi connectivity index (χ3v) is 4.04. The van der Waals surface area contributed by atoms with Crippen LogP contribution in [0.5, 0.6) is 0 Å². The Morgan fingerprint density at radius 1 is 1.26 bits per heavy atom. The largest absolute Gasteiger partial charge is 0.342 e. The number of hydrogen-bond acceptors (Lipinski definition) is 1. The number of likely N-dealkylation sites (tertiary alicyclic amines) is 1. The molecule has 1 fully saturated rings. The summed E-state index contributed by atoms with van der Waals surface area (Å²) < 4.78 is 0. The second kappa shape index (κ2) is 7.32. The molecule has 1 aromatic carbocycles. The van der Waals surface area contributed by atoms with E-state index in [2.05, 4.69) is 42.2 Å². The zero-order chi connectivity index (χ0) is 13.5. The lowest BCUT2D eigenvalue weighted by molar-refractivity contribution is -0.131. The first-order valence-electron chi connectivity index (χ1n) is 7.64. The molecule has 1 aromatic rings. The van der Waals surface area contributed by atoms with Crippen molar-refractivity contribution in [2.24, 2.45) is 0 Å². The van der Waals surface area contributed by atoms with Gasteiger partial charge in [0.2, 0.25) is 5.91 Å². The molecule has 0 N–H and O–H groups in total. The van der Waals surface area contributed by atoms with Crippen molar-refractivity contribution in [2.45, 2.75) is 51.4 Å². The zero-order valence-electron chi connectivity index (χ0n) is 12.0. The fraction of sp³-hybridized carbons (Fsp3) is 0.588. The van der Waals surface area contributed by atoms with E-state index < -0.39 is 0 Å². The average Bonchev–Trinajstić information content (AvgIpc) is 2.71. The Bertz CT molecular complexity index is 388. The van der Waals surface area contributed by atoms with Crippen molar-refractivity contribution in [1.29, 1.82) is 0 Å². The summed E-state index contributed by atoms with van der Waals surface area (Å²) in [6, 6.07) is 10.7. The topological polar surface area (TPSA) is 20.3 Å². The first-order chi connectivity index (χ1) is 9.31. The molecule has 1 unspecified atom stereocenters. The number of nitrogens with zero attached hydrogens (tertiary/aromatic N) is 1. The van der Waals surface area contributed by atoms with Crippen LogP contribution in [0.25, 0.3) is 0 Å². The van der Waals surface area contributed by atoms with Crippen molar-refractivity contribution < 1.29 is 4.79 Å². The molecular formula is C17H25NO. The van der Waals surface area contributed by atoms with Crippen LogP contribution >= 0.6 is 0 Å². The fourth-order valence-corrected chi connectivity index (χ4v) is 2.85. The van der Waals surface area contributed by atoms with E-state index in [0.29, 0.717) is 11.8 Å². The molecule has 0 aliphatic carbocycles. The third-order valence-electron chi connectivity index (χ3n) is 4.04. The molecule has 1 aliphatic heterocycles. The minimum Gasteiger partial charge on any atom is -0.342 e. The van der Waals surface area contributed by atoms with E-state index in [1.54, 1.807) is 0 Å². The van der Waals surface area contributed by atoms with Gasteiger partial charge in [0.15, 0.2) is 0 Å². The van der Waals surface area contributed by atoms with Crippen LogP contribution < -0.4 is 0 Å². The summed E-state index contributed by atoms with van der Waals surface area (Å²) in [5, 5.41) is 0. The maximum atomic E-state index is 12.2. The smallest absolute Gasteiger partial charge is 0.222 e. The molecule has 2 heteroatoms. The molecule has 0 saturated carbocycles. The number of rotatable bonds is 4. The summed E-state index contributed by atoms with van der Waals surface area (Å²) in [5.41, 5.74) is 1.39. The summed E-state index contributed by atoms with van der Waals surface area (Å²) in [4.78, 5) is 14.3. The van der Waals surface area contributed by atoms with Gasteiger partial charge in [-0.3, -0.25) is 4.79 Å². The molecule has 19 heavy (non-hydrogen) atoms. The van der Waals surface area contributed by atoms with E-state index >= 15 is 0 Å². The Hall–Kier alpha value is -1.31. The molecule has 1 saturated heterocycles. The minimum atomic E-state index is 0.352. The number of benzene rings is 1. The monoisotopic (exact) mass is 259 g/mol. The van der Waals surface area contributed by atoms with Gasteiger partial charge < -0.3 is 4.90 Å². The van der Waals surface area contributed by atoms with Crippen LogP contribution in [-0.2, 0) is 4.79 Å².